The van der Waals surface area contributed by atoms with Crippen LogP contribution < -0.4 is 10.1 Å². The summed E-state index contributed by atoms with van der Waals surface area (Å²) in [6, 6.07) is -0.268. The molecule has 1 aliphatic carbocycles. The lowest BCUT2D eigenvalue weighted by molar-refractivity contribution is -0.0794. The Hall–Kier alpha value is -0.980. The second kappa shape index (κ2) is 4.36. The number of methoxy groups -OCH3 is 1. The second-order valence-electron chi connectivity index (χ2n) is 4.06. The second-order valence-corrected chi connectivity index (χ2v) is 4.85. The monoisotopic (exact) mass is 307 g/mol. The Morgan fingerprint density at radius 1 is 1.41 bits per heavy atom. The highest BCUT2D eigenvalue weighted by Crippen LogP contribution is 2.39. The van der Waals surface area contributed by atoms with Gasteiger partial charge in [0.05, 0.1) is 12.8 Å². The van der Waals surface area contributed by atoms with Crippen molar-refractivity contribution in [1.82, 2.24) is 9.97 Å². The normalized spacial score (nSPS) is 18.6. The minimum atomic E-state index is -2.55. The van der Waals surface area contributed by atoms with Gasteiger partial charge in [0, 0.05) is 18.9 Å². The lowest BCUT2D eigenvalue weighted by atomic mass is 9.88. The summed E-state index contributed by atoms with van der Waals surface area (Å²) < 4.78 is 31.1. The van der Waals surface area contributed by atoms with Crippen LogP contribution in [0.5, 0.6) is 5.88 Å². The summed E-state index contributed by atoms with van der Waals surface area (Å²) in [6.45, 7) is 1.79. The van der Waals surface area contributed by atoms with Gasteiger partial charge in [-0.2, -0.15) is 4.98 Å². The fraction of sp³-hybridized carbons (Fsp3) is 0.600. The highest BCUT2D eigenvalue weighted by Gasteiger charge is 2.45. The van der Waals surface area contributed by atoms with Crippen molar-refractivity contribution in [3.63, 3.8) is 0 Å². The number of hydrogen-bond acceptors (Lipinski definition) is 4. The molecule has 0 aliphatic heterocycles. The molecule has 2 rings (SSSR count). The largest absolute Gasteiger partial charge is 0.480 e. The van der Waals surface area contributed by atoms with Crippen LogP contribution in [0.2, 0.25) is 0 Å². The van der Waals surface area contributed by atoms with Gasteiger partial charge in [-0.1, -0.05) is 0 Å². The summed E-state index contributed by atoms with van der Waals surface area (Å²) in [4.78, 5) is 8.24. The Bertz CT molecular complexity index is 434. The molecule has 0 aromatic carbocycles. The van der Waals surface area contributed by atoms with Crippen molar-refractivity contribution in [3.05, 3.63) is 10.2 Å². The van der Waals surface area contributed by atoms with E-state index in [4.69, 9.17) is 4.74 Å². The zero-order chi connectivity index (χ0) is 12.6. The number of nitrogens with one attached hydrogen (secondary N) is 1. The molecule has 94 valence electrons. The Morgan fingerprint density at radius 2 is 2.06 bits per heavy atom. The van der Waals surface area contributed by atoms with Crippen LogP contribution >= 0.6 is 15.9 Å². The maximum atomic E-state index is 12.7. The number of hydrogen-bond donors (Lipinski definition) is 1. The number of aryl methyl sites for hydroxylation is 1. The number of anilines is 1. The molecule has 1 fully saturated rings. The minimum Gasteiger partial charge on any atom is -0.480 e. The predicted molar refractivity (Wildman–Crippen MR) is 62.6 cm³/mol. The average Bonchev–Trinajstić information content (AvgIpc) is 2.20. The van der Waals surface area contributed by atoms with Crippen LogP contribution in [0.1, 0.15) is 18.5 Å². The topological polar surface area (TPSA) is 47.0 Å². The first-order valence-corrected chi connectivity index (χ1v) is 5.93. The van der Waals surface area contributed by atoms with Crippen molar-refractivity contribution in [2.45, 2.75) is 31.7 Å². The van der Waals surface area contributed by atoms with Gasteiger partial charge in [0.15, 0.2) is 0 Å². The summed E-state index contributed by atoms with van der Waals surface area (Å²) in [5.41, 5.74) is 0.699. The first-order chi connectivity index (χ1) is 7.91. The summed E-state index contributed by atoms with van der Waals surface area (Å²) in [5, 5.41) is 2.87. The first-order valence-electron chi connectivity index (χ1n) is 5.14. The number of ether oxygens (including phenoxy) is 1. The molecule has 0 unspecified atom stereocenters. The van der Waals surface area contributed by atoms with E-state index in [2.05, 4.69) is 31.2 Å². The number of rotatable bonds is 3. The highest BCUT2D eigenvalue weighted by molar-refractivity contribution is 9.10. The van der Waals surface area contributed by atoms with E-state index in [1.165, 1.54) is 7.11 Å². The maximum Gasteiger partial charge on any atom is 0.252 e. The van der Waals surface area contributed by atoms with Gasteiger partial charge < -0.3 is 10.1 Å². The van der Waals surface area contributed by atoms with Gasteiger partial charge in [-0.15, -0.1) is 0 Å². The van der Waals surface area contributed by atoms with Crippen molar-refractivity contribution in [3.8, 4) is 5.88 Å². The molecule has 0 radical (unpaired) electrons. The van der Waals surface area contributed by atoms with E-state index in [-0.39, 0.29) is 18.9 Å². The zero-order valence-electron chi connectivity index (χ0n) is 9.43. The third-order valence-electron chi connectivity index (χ3n) is 2.60. The molecule has 1 aromatic rings. The number of halogens is 3. The quantitative estimate of drug-likeness (QED) is 0.933. The number of nitrogens with zero attached hydrogens (tertiary/aromatic N) is 2. The molecule has 0 spiro atoms. The van der Waals surface area contributed by atoms with Crippen LogP contribution in [0.15, 0.2) is 4.47 Å². The van der Waals surface area contributed by atoms with Gasteiger partial charge in [-0.25, -0.2) is 13.8 Å². The molecular weight excluding hydrogens is 296 g/mol. The van der Waals surface area contributed by atoms with Crippen molar-refractivity contribution < 1.29 is 13.5 Å². The summed E-state index contributed by atoms with van der Waals surface area (Å²) in [7, 11) is 1.49. The molecule has 0 bridgehead atoms. The van der Waals surface area contributed by atoms with Gasteiger partial charge in [0.1, 0.15) is 4.47 Å². The summed E-state index contributed by atoms with van der Waals surface area (Å²) >= 11 is 3.29. The van der Waals surface area contributed by atoms with Gasteiger partial charge in [-0.3, -0.25) is 0 Å². The van der Waals surface area contributed by atoms with Crippen LogP contribution in [0, 0.1) is 6.92 Å². The highest BCUT2D eigenvalue weighted by atomic mass is 79.9. The molecule has 1 saturated carbocycles. The molecule has 4 nitrogen and oxygen atoms in total. The van der Waals surface area contributed by atoms with E-state index >= 15 is 0 Å². The molecule has 7 heteroatoms. The van der Waals surface area contributed by atoms with E-state index in [1.807, 2.05) is 0 Å². The SMILES string of the molecule is COc1nc(NC2CC(F)(F)C2)nc(C)c1Br. The van der Waals surface area contributed by atoms with E-state index in [0.29, 0.717) is 22.0 Å². The molecule has 1 aliphatic rings. The van der Waals surface area contributed by atoms with E-state index in [0.717, 1.165) is 0 Å². The lowest BCUT2D eigenvalue weighted by Gasteiger charge is -2.35. The molecule has 1 aromatic heterocycles. The Labute approximate surface area is 106 Å². The van der Waals surface area contributed by atoms with Crippen LogP contribution in [0.3, 0.4) is 0 Å². The van der Waals surface area contributed by atoms with Gasteiger partial charge in [0.2, 0.25) is 11.8 Å². The Kier molecular flexibility index (Phi) is 3.20. The summed E-state index contributed by atoms with van der Waals surface area (Å²) in [6.07, 6.45) is -0.346. The molecule has 0 saturated heterocycles. The molecule has 1 heterocycles. The minimum absolute atomic E-state index is 0.173. The standard InChI is InChI=1S/C10H12BrF2N3O/c1-5-7(11)8(17-2)16-9(14-5)15-6-3-10(12,13)4-6/h6H,3-4H2,1-2H3,(H,14,15,16). The van der Waals surface area contributed by atoms with Gasteiger partial charge >= 0.3 is 0 Å². The lowest BCUT2D eigenvalue weighted by Crippen LogP contribution is -2.44. The van der Waals surface area contributed by atoms with E-state index in [9.17, 15) is 8.78 Å². The van der Waals surface area contributed by atoms with Crippen molar-refractivity contribution in [2.75, 3.05) is 12.4 Å². The molecule has 0 atom stereocenters. The van der Waals surface area contributed by atoms with Gasteiger partial charge in [0.25, 0.3) is 5.92 Å². The fourth-order valence-corrected chi connectivity index (χ4v) is 2.02. The fourth-order valence-electron chi connectivity index (χ4n) is 1.68. The van der Waals surface area contributed by atoms with Crippen LogP contribution in [-0.4, -0.2) is 29.0 Å². The van der Waals surface area contributed by atoms with Crippen molar-refractivity contribution in [2.24, 2.45) is 0 Å². The summed E-state index contributed by atoms with van der Waals surface area (Å²) in [5.74, 6) is -1.83. The van der Waals surface area contributed by atoms with Crippen LogP contribution in [-0.2, 0) is 0 Å². The van der Waals surface area contributed by atoms with E-state index < -0.39 is 5.92 Å². The smallest absolute Gasteiger partial charge is 0.252 e. The molecular formula is C10H12BrF2N3O. The molecule has 17 heavy (non-hydrogen) atoms. The first kappa shape index (κ1) is 12.5. The number of aromatic nitrogens is 2. The van der Waals surface area contributed by atoms with Crippen LogP contribution in [0.25, 0.3) is 0 Å². The van der Waals surface area contributed by atoms with Crippen molar-refractivity contribution >= 4 is 21.9 Å². The Morgan fingerprint density at radius 3 is 2.59 bits per heavy atom. The van der Waals surface area contributed by atoms with Crippen LogP contribution in [0.4, 0.5) is 14.7 Å². The maximum absolute atomic E-state index is 12.7. The third-order valence-corrected chi connectivity index (χ3v) is 3.52. The average molecular weight is 308 g/mol. The zero-order valence-corrected chi connectivity index (χ0v) is 11.0. The third kappa shape index (κ3) is 2.65. The van der Waals surface area contributed by atoms with Gasteiger partial charge in [-0.05, 0) is 22.9 Å². The predicted octanol–water partition coefficient (Wildman–Crippen LogP) is 2.77. The van der Waals surface area contributed by atoms with E-state index in [1.54, 1.807) is 6.92 Å². The molecule has 0 amide bonds. The number of alkyl halides is 2. The Balaban J connectivity index is 2.09. The molecule has 1 N–H and O–H groups in total. The van der Waals surface area contributed by atoms with Crippen molar-refractivity contribution in [1.29, 1.82) is 0 Å².